The number of halogens is 1. The summed E-state index contributed by atoms with van der Waals surface area (Å²) in [5.74, 6) is 0.227. The van der Waals surface area contributed by atoms with Gasteiger partial charge in [-0.2, -0.15) is 0 Å². The highest BCUT2D eigenvalue weighted by atomic mass is 19.1. The van der Waals surface area contributed by atoms with Gasteiger partial charge in [0.15, 0.2) is 11.6 Å². The lowest BCUT2D eigenvalue weighted by Crippen LogP contribution is -2.43. The molecule has 0 saturated carbocycles. The van der Waals surface area contributed by atoms with Crippen LogP contribution in [0.5, 0.6) is 5.75 Å². The quantitative estimate of drug-likeness (QED) is 0.727. The van der Waals surface area contributed by atoms with Crippen molar-refractivity contribution in [3.63, 3.8) is 0 Å². The van der Waals surface area contributed by atoms with Crippen molar-refractivity contribution in [1.82, 2.24) is 14.5 Å². The van der Waals surface area contributed by atoms with Crippen molar-refractivity contribution >= 4 is 11.0 Å². The van der Waals surface area contributed by atoms with Gasteiger partial charge in [0.1, 0.15) is 18.6 Å². The van der Waals surface area contributed by atoms with E-state index in [0.717, 1.165) is 17.5 Å². The molecule has 0 unspecified atom stereocenters. The molecule has 0 fully saturated rings. The van der Waals surface area contributed by atoms with Gasteiger partial charge in [-0.15, -0.1) is 0 Å². The molecule has 26 heavy (non-hydrogen) atoms. The van der Waals surface area contributed by atoms with Gasteiger partial charge in [-0.1, -0.05) is 13.8 Å². The molecule has 138 valence electrons. The Morgan fingerprint density at radius 3 is 2.73 bits per heavy atom. The maximum atomic E-state index is 14.6. The van der Waals surface area contributed by atoms with E-state index < -0.39 is 11.4 Å². The van der Waals surface area contributed by atoms with E-state index in [1.54, 1.807) is 6.07 Å². The number of rotatable bonds is 6. The van der Waals surface area contributed by atoms with Gasteiger partial charge in [-0.05, 0) is 43.5 Å². The third kappa shape index (κ3) is 3.85. The summed E-state index contributed by atoms with van der Waals surface area (Å²) in [5, 5.41) is 0.884. The molecule has 2 aromatic heterocycles. The maximum Gasteiger partial charge on any atom is 0.165 e. The molecule has 0 amide bonds. The first kappa shape index (κ1) is 18.3. The third-order valence-corrected chi connectivity index (χ3v) is 4.30. The summed E-state index contributed by atoms with van der Waals surface area (Å²) in [4.78, 5) is 8.59. The van der Waals surface area contributed by atoms with Crippen LogP contribution in [-0.2, 0) is 7.05 Å². The van der Waals surface area contributed by atoms with E-state index in [1.165, 1.54) is 12.4 Å². The molecular weight excluding hydrogens is 331 g/mol. The number of fused-ring (bicyclic) bond motifs is 1. The summed E-state index contributed by atoms with van der Waals surface area (Å²) in [7, 11) is 1.91. The summed E-state index contributed by atoms with van der Waals surface area (Å²) in [5.41, 5.74) is 7.93. The number of hydrogen-bond donors (Lipinski definition) is 1. The second-order valence-corrected chi connectivity index (χ2v) is 7.57. The number of hydrogen-bond acceptors (Lipinski definition) is 4. The van der Waals surface area contributed by atoms with E-state index in [-0.39, 0.29) is 12.4 Å². The first-order valence-corrected chi connectivity index (χ1v) is 8.74. The van der Waals surface area contributed by atoms with Gasteiger partial charge in [-0.3, -0.25) is 0 Å². The van der Waals surface area contributed by atoms with Crippen molar-refractivity contribution in [2.24, 2.45) is 18.7 Å². The molecule has 2 N–H and O–H groups in total. The number of nitrogens with zero attached hydrogens (tertiary/aromatic N) is 3. The van der Waals surface area contributed by atoms with Crippen LogP contribution in [0.2, 0.25) is 0 Å². The molecule has 2 heterocycles. The first-order valence-electron chi connectivity index (χ1n) is 8.74. The highest BCUT2D eigenvalue weighted by molar-refractivity contribution is 5.90. The van der Waals surface area contributed by atoms with Gasteiger partial charge in [0.2, 0.25) is 0 Å². The zero-order valence-electron chi connectivity index (χ0n) is 15.7. The topological polar surface area (TPSA) is 66.0 Å². The van der Waals surface area contributed by atoms with E-state index in [2.05, 4.69) is 23.8 Å². The molecule has 3 rings (SSSR count). The average Bonchev–Trinajstić information content (AvgIpc) is 2.94. The Bertz CT molecular complexity index is 917. The molecule has 5 nitrogen and oxygen atoms in total. The van der Waals surface area contributed by atoms with Gasteiger partial charge in [0, 0.05) is 29.7 Å². The van der Waals surface area contributed by atoms with Crippen LogP contribution < -0.4 is 10.5 Å². The fourth-order valence-corrected chi connectivity index (χ4v) is 3.31. The number of aromatic nitrogens is 3. The lowest BCUT2D eigenvalue weighted by Gasteiger charge is -2.26. The van der Waals surface area contributed by atoms with Crippen LogP contribution >= 0.6 is 0 Å². The second kappa shape index (κ2) is 7.03. The fourth-order valence-electron chi connectivity index (χ4n) is 3.31. The number of nitrogens with two attached hydrogens (primary N) is 1. The Kier molecular flexibility index (Phi) is 4.96. The Morgan fingerprint density at radius 2 is 2.04 bits per heavy atom. The minimum Gasteiger partial charge on any atom is -0.489 e. The molecule has 0 radical (unpaired) electrons. The van der Waals surface area contributed by atoms with Crippen molar-refractivity contribution in [3.8, 4) is 17.0 Å². The Balaban J connectivity index is 1.83. The van der Waals surface area contributed by atoms with Crippen molar-refractivity contribution in [2.75, 3.05) is 6.61 Å². The lowest BCUT2D eigenvalue weighted by molar-refractivity contribution is 0.200. The van der Waals surface area contributed by atoms with Gasteiger partial charge in [0.25, 0.3) is 0 Å². The van der Waals surface area contributed by atoms with E-state index >= 15 is 0 Å². The van der Waals surface area contributed by atoms with Gasteiger partial charge < -0.3 is 15.0 Å². The SMILES string of the molecule is CC(C)C[C@](C)(N)COc1ccc(-c2ncnc3c2ccn3C)cc1F. The number of ether oxygens (including phenoxy) is 1. The Morgan fingerprint density at radius 1 is 1.27 bits per heavy atom. The summed E-state index contributed by atoms with van der Waals surface area (Å²) in [6.07, 6.45) is 4.21. The van der Waals surface area contributed by atoms with Crippen molar-refractivity contribution in [1.29, 1.82) is 0 Å². The molecule has 0 bridgehead atoms. The predicted octanol–water partition coefficient (Wildman–Crippen LogP) is 3.92. The van der Waals surface area contributed by atoms with Gasteiger partial charge in [-0.25, -0.2) is 14.4 Å². The van der Waals surface area contributed by atoms with Crippen molar-refractivity contribution in [3.05, 3.63) is 42.6 Å². The third-order valence-electron chi connectivity index (χ3n) is 4.30. The van der Waals surface area contributed by atoms with E-state index in [1.807, 2.05) is 36.9 Å². The van der Waals surface area contributed by atoms with E-state index in [4.69, 9.17) is 10.5 Å². The molecule has 1 atom stereocenters. The Hall–Kier alpha value is -2.47. The summed E-state index contributed by atoms with van der Waals surface area (Å²) in [6.45, 7) is 6.39. The minimum atomic E-state index is -0.498. The standard InChI is InChI=1S/C20H25FN4O/c1-13(2)10-20(3,22)11-26-17-6-5-14(9-16(17)21)18-15-7-8-25(4)19(15)24-12-23-18/h5-9,12-13H,10-11,22H2,1-4H3/t20-/m0/s1. The summed E-state index contributed by atoms with van der Waals surface area (Å²) >= 11 is 0. The normalized spacial score (nSPS) is 14.0. The zero-order valence-corrected chi connectivity index (χ0v) is 15.7. The number of aryl methyl sites for hydroxylation is 1. The minimum absolute atomic E-state index is 0.201. The van der Waals surface area contributed by atoms with E-state index in [0.29, 0.717) is 17.2 Å². The van der Waals surface area contributed by atoms with Crippen molar-refractivity contribution in [2.45, 2.75) is 32.7 Å². The molecular formula is C20H25FN4O. The monoisotopic (exact) mass is 356 g/mol. The highest BCUT2D eigenvalue weighted by Crippen LogP contribution is 2.29. The summed E-state index contributed by atoms with van der Waals surface area (Å²) in [6, 6.07) is 6.82. The summed E-state index contributed by atoms with van der Waals surface area (Å²) < 4.78 is 22.1. The van der Waals surface area contributed by atoms with Crippen LogP contribution in [-0.4, -0.2) is 26.7 Å². The van der Waals surface area contributed by atoms with Crippen molar-refractivity contribution < 1.29 is 9.13 Å². The molecule has 1 aromatic carbocycles. The lowest BCUT2D eigenvalue weighted by atomic mass is 9.93. The van der Waals surface area contributed by atoms with Crippen LogP contribution in [0.15, 0.2) is 36.8 Å². The predicted molar refractivity (Wildman–Crippen MR) is 101 cm³/mol. The molecule has 0 aliphatic heterocycles. The largest absolute Gasteiger partial charge is 0.489 e. The molecule has 6 heteroatoms. The zero-order chi connectivity index (χ0) is 18.9. The maximum absolute atomic E-state index is 14.6. The van der Waals surface area contributed by atoms with Crippen LogP contribution in [0.25, 0.3) is 22.3 Å². The molecule has 0 spiro atoms. The van der Waals surface area contributed by atoms with Crippen LogP contribution in [0.3, 0.4) is 0 Å². The second-order valence-electron chi connectivity index (χ2n) is 7.57. The first-order chi connectivity index (χ1) is 12.3. The number of benzene rings is 1. The highest BCUT2D eigenvalue weighted by Gasteiger charge is 2.22. The smallest absolute Gasteiger partial charge is 0.165 e. The Labute approximate surface area is 153 Å². The molecule has 0 aliphatic carbocycles. The van der Waals surface area contributed by atoms with Crippen LogP contribution in [0, 0.1) is 11.7 Å². The van der Waals surface area contributed by atoms with Gasteiger partial charge in [0.05, 0.1) is 5.69 Å². The van der Waals surface area contributed by atoms with E-state index in [9.17, 15) is 4.39 Å². The fraction of sp³-hybridized carbons (Fsp3) is 0.400. The van der Waals surface area contributed by atoms with Gasteiger partial charge >= 0.3 is 0 Å². The average molecular weight is 356 g/mol. The van der Waals surface area contributed by atoms with Crippen LogP contribution in [0.1, 0.15) is 27.2 Å². The molecule has 0 aliphatic rings. The molecule has 0 saturated heterocycles. The van der Waals surface area contributed by atoms with Crippen LogP contribution in [0.4, 0.5) is 4.39 Å². The molecule has 3 aromatic rings.